The van der Waals surface area contributed by atoms with Gasteiger partial charge in [-0.15, -0.1) is 0 Å². The second kappa shape index (κ2) is 27.2. The number of halogens is 4. The molecule has 5 aliphatic rings. The van der Waals surface area contributed by atoms with E-state index in [1.54, 1.807) is 48.7 Å². The van der Waals surface area contributed by atoms with Gasteiger partial charge in [-0.05, 0) is 98.6 Å². The first-order valence-corrected chi connectivity index (χ1v) is 32.0. The van der Waals surface area contributed by atoms with Gasteiger partial charge < -0.3 is 65.8 Å². The molecule has 10 N–H and O–H groups in total. The lowest BCUT2D eigenvalue weighted by Crippen LogP contribution is -2.41. The largest absolute Gasteiger partial charge is 0.462 e. The van der Waals surface area contributed by atoms with Crippen molar-refractivity contribution in [3.05, 3.63) is 54.5 Å². The van der Waals surface area contributed by atoms with Crippen molar-refractivity contribution in [3.8, 4) is 5.75 Å². The van der Waals surface area contributed by atoms with Gasteiger partial charge in [0.2, 0.25) is 17.8 Å². The van der Waals surface area contributed by atoms with Crippen molar-refractivity contribution in [2.75, 3.05) is 54.3 Å². The number of para-hydroxylation sites is 1. The van der Waals surface area contributed by atoms with E-state index in [-0.39, 0.29) is 59.9 Å². The Morgan fingerprint density at radius 1 is 0.728 bits per heavy atom. The lowest BCUT2D eigenvalue weighted by Gasteiger charge is -2.35. The van der Waals surface area contributed by atoms with Crippen LogP contribution in [0, 0.1) is 5.92 Å². The molecule has 12 rings (SSSR count). The predicted octanol–water partition coefficient (Wildman–Crippen LogP) is 7.26. The number of carbonyl (C=O) groups excluding carboxylic acids is 1. The van der Waals surface area contributed by atoms with Crippen LogP contribution >= 0.6 is 19.3 Å². The first-order valence-electron chi connectivity index (χ1n) is 30.1. The Morgan fingerprint density at radius 3 is 1.60 bits per heavy atom. The average Bonchev–Trinajstić information content (AvgIpc) is 1.61. The number of nitrogens with two attached hydrogens (primary N) is 3. The highest BCUT2D eigenvalue weighted by molar-refractivity contribution is 7.52. The fraction of sp³-hybridized carbons (Fsp3) is 0.621. The molecule has 2 saturated carbocycles. The normalized spacial score (nSPS) is 29.0. The number of nitrogens with zero attached hydrogens (tertiary/aromatic N) is 14. The number of benzene rings is 1. The summed E-state index contributed by atoms with van der Waals surface area (Å²) in [6, 6.07) is 7.75. The van der Waals surface area contributed by atoms with Crippen molar-refractivity contribution >= 4 is 88.3 Å². The van der Waals surface area contributed by atoms with Crippen molar-refractivity contribution < 1.29 is 65.8 Å². The van der Waals surface area contributed by atoms with Crippen LogP contribution in [-0.4, -0.2) is 179 Å². The van der Waals surface area contributed by atoms with E-state index in [4.69, 9.17) is 56.8 Å². The Labute approximate surface area is 534 Å². The molecule has 1 unspecified atom stereocenters. The molecule has 1 aromatic carbocycles. The van der Waals surface area contributed by atoms with Crippen LogP contribution in [0.2, 0.25) is 5.15 Å². The fourth-order valence-corrected chi connectivity index (χ4v) is 13.4. The second-order valence-electron chi connectivity index (χ2n) is 24.4. The van der Waals surface area contributed by atoms with Crippen LogP contribution in [0.4, 0.5) is 42.7 Å². The molecule has 92 heavy (non-hydrogen) atoms. The van der Waals surface area contributed by atoms with E-state index in [1.165, 1.54) is 62.2 Å². The zero-order valence-electron chi connectivity index (χ0n) is 52.0. The van der Waals surface area contributed by atoms with E-state index in [2.05, 4.69) is 49.9 Å². The van der Waals surface area contributed by atoms with Gasteiger partial charge in [0.05, 0.1) is 44.4 Å². The number of esters is 1. The number of aromatic nitrogens is 12. The van der Waals surface area contributed by atoms with Crippen molar-refractivity contribution in [2.24, 2.45) is 5.92 Å². The monoisotopic (exact) mass is 1330 g/mol. The van der Waals surface area contributed by atoms with E-state index in [0.717, 1.165) is 38.5 Å². The molecule has 29 nitrogen and oxygen atoms in total. The highest BCUT2D eigenvalue weighted by Gasteiger charge is 2.58. The summed E-state index contributed by atoms with van der Waals surface area (Å²) in [4.78, 5) is 54.6. The molecule has 3 aliphatic heterocycles. The van der Waals surface area contributed by atoms with Crippen LogP contribution < -0.4 is 36.6 Å². The minimum absolute atomic E-state index is 0. The molecule has 2 aliphatic carbocycles. The SMILES string of the molecule is C.CC(C)OC(=O)[C@H](C)NP(=O)(OC[C@H]1O[C@@H](n2cnc3c(N(C)C4CCC4)nc(N)nc32)[C@](C)(F)[C@@H]1O)Oc1ccccc1.CC[C@H]1O[C@@H](n2cnc3c(Cl)nc(N)nc32)[C@](C)(F)[C@@H]1C.CN(c1nc(N)nc2c1ncn2[C@@H]1O[C@H](CO)[C@@H](O)[C@@]1(C)F)C1CCC1. The number of hydrogen-bond acceptors (Lipinski definition) is 25. The van der Waals surface area contributed by atoms with E-state index in [1.807, 2.05) is 37.7 Å². The number of carbonyl (C=O) groups is 1. The van der Waals surface area contributed by atoms with E-state index < -0.39 is 99.2 Å². The summed E-state index contributed by atoms with van der Waals surface area (Å²) in [5.74, 6) is 0.447. The molecule has 9 heterocycles. The minimum Gasteiger partial charge on any atom is -0.462 e. The molecule has 0 spiro atoms. The third-order valence-electron chi connectivity index (χ3n) is 17.6. The van der Waals surface area contributed by atoms with Gasteiger partial charge in [0, 0.05) is 32.1 Å². The molecular formula is C58H83ClF3N18O11P. The van der Waals surface area contributed by atoms with Gasteiger partial charge in [-0.2, -0.15) is 35.0 Å². The van der Waals surface area contributed by atoms with Crippen LogP contribution in [0.1, 0.15) is 126 Å². The number of ether oxygens (including phenoxy) is 4. The number of alkyl halides is 3. The molecular weight excluding hydrogens is 1250 g/mol. The molecule has 34 heteroatoms. The first-order chi connectivity index (χ1) is 43.0. The lowest BCUT2D eigenvalue weighted by atomic mass is 9.88. The molecule has 6 aromatic heterocycles. The van der Waals surface area contributed by atoms with Crippen LogP contribution in [0.15, 0.2) is 49.3 Å². The Morgan fingerprint density at radius 2 is 1.16 bits per heavy atom. The maximum absolute atomic E-state index is 16.2. The topological polar surface area (TPSA) is 378 Å². The van der Waals surface area contributed by atoms with Crippen molar-refractivity contribution in [2.45, 2.75) is 198 Å². The number of aliphatic hydroxyl groups excluding tert-OH is 3. The van der Waals surface area contributed by atoms with Crippen molar-refractivity contribution in [1.82, 2.24) is 63.6 Å². The molecule has 0 radical (unpaired) electrons. The smallest absolute Gasteiger partial charge is 0.459 e. The van der Waals surface area contributed by atoms with Crippen LogP contribution in [0.5, 0.6) is 5.75 Å². The molecule has 3 saturated heterocycles. The number of hydrogen-bond donors (Lipinski definition) is 7. The van der Waals surface area contributed by atoms with Crippen LogP contribution in [0.3, 0.4) is 0 Å². The summed E-state index contributed by atoms with van der Waals surface area (Å²) in [6.45, 7) is 11.5. The summed E-state index contributed by atoms with van der Waals surface area (Å²) < 4.78 is 98.5. The second-order valence-corrected chi connectivity index (χ2v) is 26.4. The molecule has 5 fully saturated rings. The number of nitrogens with one attached hydrogen (secondary N) is 1. The third kappa shape index (κ3) is 13.5. The zero-order chi connectivity index (χ0) is 65.8. The van der Waals surface area contributed by atoms with Crippen LogP contribution in [-0.2, 0) is 32.8 Å². The number of fused-ring (bicyclic) bond motifs is 3. The maximum Gasteiger partial charge on any atom is 0.459 e. The van der Waals surface area contributed by atoms with Crippen molar-refractivity contribution in [1.29, 1.82) is 0 Å². The molecule has 0 amide bonds. The summed E-state index contributed by atoms with van der Waals surface area (Å²) in [6.07, 6.45) is 1.98. The van der Waals surface area contributed by atoms with Gasteiger partial charge in [0.1, 0.15) is 41.7 Å². The summed E-state index contributed by atoms with van der Waals surface area (Å²) in [7, 11) is -0.458. The first kappa shape index (κ1) is 69.5. The van der Waals surface area contributed by atoms with Gasteiger partial charge in [0.15, 0.2) is 80.5 Å². The van der Waals surface area contributed by atoms with Gasteiger partial charge in [-0.25, -0.2) is 32.7 Å². The Hall–Kier alpha value is -6.87. The van der Waals surface area contributed by atoms with E-state index >= 15 is 13.2 Å². The lowest BCUT2D eigenvalue weighted by molar-refractivity contribution is -0.149. The quantitative estimate of drug-likeness (QED) is 0.0252. The number of nitrogen functional groups attached to an aromatic ring is 3. The minimum atomic E-state index is -4.29. The van der Waals surface area contributed by atoms with Gasteiger partial charge in [-0.3, -0.25) is 23.0 Å². The van der Waals surface area contributed by atoms with E-state index in [0.29, 0.717) is 45.5 Å². The number of anilines is 5. The Bertz CT molecular complexity index is 3770. The highest BCUT2D eigenvalue weighted by atomic mass is 35.5. The summed E-state index contributed by atoms with van der Waals surface area (Å²) in [5, 5.41) is 33.2. The third-order valence-corrected chi connectivity index (χ3v) is 19.5. The Kier molecular flexibility index (Phi) is 20.6. The van der Waals surface area contributed by atoms with Gasteiger partial charge in [-0.1, -0.05) is 51.1 Å². The standard InChI is InChI=1S/C28H39FN7O7P.C16H23FN6O3.C13H17ClFN5O.CH4/c1-16(2)41-25(38)17(3)34-44(39,43-19-12-7-6-8-13-19)40-14-20-22(37)28(4,29)26(42-20)36-15-31-21-23(32-27(30)33-24(21)36)35(5)18-10-9-11-18;1-16(17)11(25)9(6-24)26-14(16)23-7-19-10-12(20-15(18)21-13(10)23)22(2)8-4-3-5-8;1-4-7-6(2)13(3,15)11(21-7)20-5-17-8-9(14)18-12(16)19-10(8)20;/h6-8,12-13,15-18,20,22,26,37H,9-11,14H2,1-5H3,(H,34,39)(H2,30,32,33);7-9,11,14,24-25H,3-6H2,1-2H3,(H2,18,20,21);5-7,11H,4H2,1-3H3,(H2,16,18,19);1H4/t17-,20+,22+,26+,28+,44?;9-,11-,14-,16-;6-,7-,11-,13-;/m011./s1. The Balaban J connectivity index is 0.000000176. The number of imidazole rings is 3. The average molecular weight is 1330 g/mol. The predicted molar refractivity (Wildman–Crippen MR) is 336 cm³/mol. The maximum atomic E-state index is 16.2. The molecule has 504 valence electrons. The van der Waals surface area contributed by atoms with Crippen molar-refractivity contribution in [3.63, 3.8) is 0 Å². The van der Waals surface area contributed by atoms with Gasteiger partial charge >= 0.3 is 13.7 Å². The molecule has 0 bridgehead atoms. The summed E-state index contributed by atoms with van der Waals surface area (Å²) in [5.41, 5.74) is 13.8. The van der Waals surface area contributed by atoms with E-state index in [9.17, 15) is 24.7 Å². The fourth-order valence-electron chi connectivity index (χ4n) is 11.6. The van der Waals surface area contributed by atoms with Crippen LogP contribution in [0.25, 0.3) is 33.5 Å². The number of aliphatic hydroxyl groups is 3. The number of rotatable bonds is 18. The van der Waals surface area contributed by atoms with Gasteiger partial charge in [0.25, 0.3) is 0 Å². The molecule has 7 aromatic rings. The highest BCUT2D eigenvalue weighted by Crippen LogP contribution is 2.50. The zero-order valence-corrected chi connectivity index (χ0v) is 53.7. The molecule has 14 atom stereocenters. The summed E-state index contributed by atoms with van der Waals surface area (Å²) >= 11 is 6.00.